The van der Waals surface area contributed by atoms with Crippen LogP contribution in [0.2, 0.25) is 0 Å². The summed E-state index contributed by atoms with van der Waals surface area (Å²) in [6, 6.07) is 14.0. The van der Waals surface area contributed by atoms with E-state index < -0.39 is 0 Å². The number of hydrogen-bond acceptors (Lipinski definition) is 3. The van der Waals surface area contributed by atoms with Crippen LogP contribution in [-0.4, -0.2) is 34.0 Å². The second-order valence-corrected chi connectivity index (χ2v) is 6.15. The zero-order valence-electron chi connectivity index (χ0n) is 15.9. The first-order valence-electron chi connectivity index (χ1n) is 8.77. The van der Waals surface area contributed by atoms with Crippen molar-refractivity contribution < 1.29 is 4.42 Å². The molecule has 2 aromatic heterocycles. The van der Waals surface area contributed by atoms with Gasteiger partial charge in [0, 0.05) is 38.1 Å². The predicted octanol–water partition coefficient (Wildman–Crippen LogP) is 3.90. The van der Waals surface area contributed by atoms with Crippen LogP contribution in [0.5, 0.6) is 0 Å². The molecule has 0 atom stereocenters. The highest BCUT2D eigenvalue weighted by molar-refractivity contribution is 14.0. The zero-order valence-corrected chi connectivity index (χ0v) is 18.3. The van der Waals surface area contributed by atoms with Crippen molar-refractivity contribution in [3.05, 3.63) is 66.3 Å². The van der Waals surface area contributed by atoms with Crippen LogP contribution >= 0.6 is 24.0 Å². The molecular formula is C20H26IN5O. The minimum absolute atomic E-state index is 0. The van der Waals surface area contributed by atoms with Gasteiger partial charge >= 0.3 is 0 Å². The van der Waals surface area contributed by atoms with Crippen molar-refractivity contribution in [3.8, 4) is 11.5 Å². The standard InChI is InChI=1S/C20H25N5O.HI/c1-4-21-20(25(3)14-18-11-8-12-24(18)2)22-13-17-15-26-19(23-17)16-9-6-5-7-10-16;/h5-12,15H,4,13-14H2,1-3H3,(H,21,22);1H. The molecule has 0 aliphatic rings. The van der Waals surface area contributed by atoms with Gasteiger partial charge in [-0.1, -0.05) is 18.2 Å². The Hall–Kier alpha value is -2.29. The third-order valence-corrected chi connectivity index (χ3v) is 4.11. The molecule has 0 aliphatic heterocycles. The molecule has 144 valence electrons. The SMILES string of the molecule is CCNC(=NCc1coc(-c2ccccc2)n1)N(C)Cc1cccn1C.I. The van der Waals surface area contributed by atoms with Crippen LogP contribution in [0.25, 0.3) is 11.5 Å². The van der Waals surface area contributed by atoms with Crippen molar-refractivity contribution in [1.82, 2.24) is 19.8 Å². The van der Waals surface area contributed by atoms with E-state index in [0.717, 1.165) is 30.3 Å². The van der Waals surface area contributed by atoms with Gasteiger partial charge in [0.1, 0.15) is 12.0 Å². The van der Waals surface area contributed by atoms with Crippen LogP contribution in [0.1, 0.15) is 18.3 Å². The maximum absolute atomic E-state index is 5.59. The monoisotopic (exact) mass is 479 g/mol. The van der Waals surface area contributed by atoms with Gasteiger partial charge in [-0.3, -0.25) is 0 Å². The number of oxazole rings is 1. The van der Waals surface area contributed by atoms with Gasteiger partial charge in [0.25, 0.3) is 0 Å². The minimum atomic E-state index is 0. The highest BCUT2D eigenvalue weighted by atomic mass is 127. The number of halogens is 1. The second-order valence-electron chi connectivity index (χ2n) is 6.15. The highest BCUT2D eigenvalue weighted by Crippen LogP contribution is 2.18. The molecule has 0 bridgehead atoms. The number of nitrogens with zero attached hydrogens (tertiary/aromatic N) is 4. The Morgan fingerprint density at radius 2 is 2.00 bits per heavy atom. The summed E-state index contributed by atoms with van der Waals surface area (Å²) in [4.78, 5) is 11.3. The molecule has 2 heterocycles. The van der Waals surface area contributed by atoms with E-state index in [-0.39, 0.29) is 24.0 Å². The van der Waals surface area contributed by atoms with Crippen molar-refractivity contribution >= 4 is 29.9 Å². The van der Waals surface area contributed by atoms with Crippen LogP contribution in [0, 0.1) is 0 Å². The number of aliphatic imine (C=N–C) groups is 1. The molecular weight excluding hydrogens is 453 g/mol. The number of guanidine groups is 1. The Morgan fingerprint density at radius 1 is 1.22 bits per heavy atom. The molecule has 0 saturated carbocycles. The molecule has 0 unspecified atom stereocenters. The third kappa shape index (κ3) is 5.59. The van der Waals surface area contributed by atoms with E-state index >= 15 is 0 Å². The summed E-state index contributed by atoms with van der Waals surface area (Å²) >= 11 is 0. The Morgan fingerprint density at radius 3 is 2.67 bits per heavy atom. The van der Waals surface area contributed by atoms with Gasteiger partial charge in [0.15, 0.2) is 5.96 Å². The van der Waals surface area contributed by atoms with Crippen molar-refractivity contribution in [2.24, 2.45) is 12.0 Å². The van der Waals surface area contributed by atoms with Crippen molar-refractivity contribution in [1.29, 1.82) is 0 Å². The molecule has 3 aromatic rings. The van der Waals surface area contributed by atoms with E-state index in [1.54, 1.807) is 6.26 Å². The fraction of sp³-hybridized carbons (Fsp3) is 0.300. The number of aryl methyl sites for hydroxylation is 1. The van der Waals surface area contributed by atoms with Gasteiger partial charge in [-0.25, -0.2) is 9.98 Å². The Kier molecular flexibility index (Phi) is 7.90. The van der Waals surface area contributed by atoms with Gasteiger partial charge < -0.3 is 19.2 Å². The lowest BCUT2D eigenvalue weighted by Gasteiger charge is -2.22. The zero-order chi connectivity index (χ0) is 18.4. The van der Waals surface area contributed by atoms with Crippen molar-refractivity contribution in [3.63, 3.8) is 0 Å². The van der Waals surface area contributed by atoms with Gasteiger partial charge in [0.05, 0.1) is 13.1 Å². The average molecular weight is 479 g/mol. The first-order valence-corrected chi connectivity index (χ1v) is 8.77. The van der Waals surface area contributed by atoms with Crippen LogP contribution in [0.15, 0.2) is 64.3 Å². The lowest BCUT2D eigenvalue weighted by atomic mass is 10.2. The molecule has 0 amide bonds. The summed E-state index contributed by atoms with van der Waals surface area (Å²) in [6.45, 7) is 4.12. The molecule has 0 saturated heterocycles. The second kappa shape index (κ2) is 10.1. The van der Waals surface area contributed by atoms with Crippen LogP contribution in [0.3, 0.4) is 0 Å². The molecule has 0 aliphatic carbocycles. The number of hydrogen-bond donors (Lipinski definition) is 1. The maximum Gasteiger partial charge on any atom is 0.226 e. The van der Waals surface area contributed by atoms with Crippen molar-refractivity contribution in [2.75, 3.05) is 13.6 Å². The number of aromatic nitrogens is 2. The van der Waals surface area contributed by atoms with Crippen molar-refractivity contribution in [2.45, 2.75) is 20.0 Å². The fourth-order valence-electron chi connectivity index (χ4n) is 2.70. The minimum Gasteiger partial charge on any atom is -0.444 e. The summed E-state index contributed by atoms with van der Waals surface area (Å²) < 4.78 is 7.70. The molecule has 1 N–H and O–H groups in total. The maximum atomic E-state index is 5.59. The number of nitrogens with one attached hydrogen (secondary N) is 1. The van der Waals surface area contributed by atoms with Gasteiger partial charge in [-0.2, -0.15) is 0 Å². The van der Waals surface area contributed by atoms with Crippen LogP contribution in [-0.2, 0) is 20.1 Å². The fourth-order valence-corrected chi connectivity index (χ4v) is 2.70. The summed E-state index contributed by atoms with van der Waals surface area (Å²) in [5.41, 5.74) is 3.01. The van der Waals surface area contributed by atoms with Crippen LogP contribution < -0.4 is 5.32 Å². The molecule has 27 heavy (non-hydrogen) atoms. The topological polar surface area (TPSA) is 58.6 Å². The molecule has 6 nitrogen and oxygen atoms in total. The highest BCUT2D eigenvalue weighted by Gasteiger charge is 2.10. The Balaban J connectivity index is 0.00000261. The summed E-state index contributed by atoms with van der Waals surface area (Å²) in [5, 5.41) is 3.33. The molecule has 0 fully saturated rings. The molecule has 0 spiro atoms. The Labute approximate surface area is 177 Å². The van der Waals surface area contributed by atoms with Gasteiger partial charge in [0.2, 0.25) is 5.89 Å². The van der Waals surface area contributed by atoms with Crippen LogP contribution in [0.4, 0.5) is 0 Å². The first kappa shape index (κ1) is 21.0. The molecule has 3 rings (SSSR count). The van der Waals surface area contributed by atoms with E-state index in [4.69, 9.17) is 9.41 Å². The molecule has 0 radical (unpaired) electrons. The normalized spacial score (nSPS) is 11.1. The summed E-state index contributed by atoms with van der Waals surface area (Å²) in [6.07, 6.45) is 3.72. The number of rotatable bonds is 6. The average Bonchev–Trinajstić information content (AvgIpc) is 3.29. The lowest BCUT2D eigenvalue weighted by molar-refractivity contribution is 0.461. The van der Waals surface area contributed by atoms with Gasteiger partial charge in [-0.05, 0) is 31.2 Å². The number of benzene rings is 1. The van der Waals surface area contributed by atoms with Gasteiger partial charge in [-0.15, -0.1) is 24.0 Å². The predicted molar refractivity (Wildman–Crippen MR) is 119 cm³/mol. The van der Waals surface area contributed by atoms with E-state index in [1.807, 2.05) is 56.7 Å². The molecule has 1 aromatic carbocycles. The van der Waals surface area contributed by atoms with E-state index in [0.29, 0.717) is 12.4 Å². The Bertz CT molecular complexity index is 856. The smallest absolute Gasteiger partial charge is 0.226 e. The summed E-state index contributed by atoms with van der Waals surface area (Å²) in [5.74, 6) is 1.47. The first-order chi connectivity index (χ1) is 12.7. The molecule has 7 heteroatoms. The van der Waals surface area contributed by atoms with E-state index in [9.17, 15) is 0 Å². The largest absolute Gasteiger partial charge is 0.444 e. The van der Waals surface area contributed by atoms with E-state index in [1.165, 1.54) is 5.69 Å². The quantitative estimate of drug-likeness (QED) is 0.331. The summed E-state index contributed by atoms with van der Waals surface area (Å²) in [7, 11) is 4.08. The van der Waals surface area contributed by atoms with E-state index in [2.05, 4.69) is 32.8 Å². The third-order valence-electron chi connectivity index (χ3n) is 4.11. The lowest BCUT2D eigenvalue weighted by Crippen LogP contribution is -2.38.